The summed E-state index contributed by atoms with van der Waals surface area (Å²) in [5, 5.41) is 5.14. The van der Waals surface area contributed by atoms with Crippen molar-refractivity contribution >= 4 is 52.4 Å². The summed E-state index contributed by atoms with van der Waals surface area (Å²) >= 11 is -3.33. The Morgan fingerprint density at radius 2 is 0.703 bits per heavy atom. The second kappa shape index (κ2) is 9.06. The van der Waals surface area contributed by atoms with Crippen molar-refractivity contribution in [2.75, 3.05) is 0 Å². The molecule has 0 atom stereocenters. The van der Waals surface area contributed by atoms with Crippen molar-refractivity contribution in [1.29, 1.82) is 0 Å². The second-order valence-electron chi connectivity index (χ2n) is 9.77. The van der Waals surface area contributed by atoms with Gasteiger partial charge in [-0.05, 0) is 0 Å². The molecule has 0 aromatic heterocycles. The van der Waals surface area contributed by atoms with Crippen molar-refractivity contribution < 1.29 is 0 Å². The van der Waals surface area contributed by atoms with Crippen LogP contribution in [0.3, 0.4) is 0 Å². The zero-order valence-corrected chi connectivity index (χ0v) is 22.6. The van der Waals surface area contributed by atoms with Crippen molar-refractivity contribution in [3.05, 3.63) is 169 Å². The second-order valence-corrected chi connectivity index (χ2v) is 17.6. The van der Waals surface area contributed by atoms with E-state index in [0.29, 0.717) is 0 Å². The number of hydrogen-bond acceptors (Lipinski definition) is 0. The summed E-state index contributed by atoms with van der Waals surface area (Å²) in [6.45, 7) is 0. The minimum absolute atomic E-state index is 1.28. The fourth-order valence-corrected chi connectivity index (χ4v) is 16.8. The Bertz CT molecular complexity index is 1670. The number of fused-ring (bicyclic) bond motifs is 2. The van der Waals surface area contributed by atoms with E-state index >= 15 is 0 Å². The van der Waals surface area contributed by atoms with Gasteiger partial charge in [0, 0.05) is 0 Å². The first-order valence-corrected chi connectivity index (χ1v) is 17.1. The van der Waals surface area contributed by atoms with Crippen LogP contribution >= 0.6 is 0 Å². The Labute approximate surface area is 220 Å². The Morgan fingerprint density at radius 3 is 1.14 bits per heavy atom. The Balaban J connectivity index is 1.53. The molecule has 37 heavy (non-hydrogen) atoms. The van der Waals surface area contributed by atoms with Gasteiger partial charge in [0.1, 0.15) is 0 Å². The van der Waals surface area contributed by atoms with Gasteiger partial charge in [0.05, 0.1) is 0 Å². The van der Waals surface area contributed by atoms with Gasteiger partial charge in [-0.15, -0.1) is 0 Å². The minimum atomic E-state index is -3.33. The van der Waals surface area contributed by atoms with Gasteiger partial charge in [-0.1, -0.05) is 0 Å². The monoisotopic (exact) mass is 532 g/mol. The van der Waals surface area contributed by atoms with Gasteiger partial charge >= 0.3 is 221 Å². The quantitative estimate of drug-likeness (QED) is 0.204. The summed E-state index contributed by atoms with van der Waals surface area (Å²) in [5.74, 6) is 0. The van der Waals surface area contributed by atoms with Gasteiger partial charge in [0.15, 0.2) is 0 Å². The molecular formula is C36H26Ge. The van der Waals surface area contributed by atoms with E-state index in [1.54, 1.807) is 0 Å². The Morgan fingerprint density at radius 1 is 0.324 bits per heavy atom. The molecule has 0 spiro atoms. The van der Waals surface area contributed by atoms with Gasteiger partial charge in [-0.25, -0.2) is 0 Å². The molecule has 0 aliphatic carbocycles. The average molecular weight is 531 g/mol. The van der Waals surface area contributed by atoms with Crippen LogP contribution in [0.4, 0.5) is 0 Å². The first kappa shape index (κ1) is 22.1. The molecule has 1 aliphatic rings. The molecule has 0 radical (unpaired) electrons. The Kier molecular flexibility index (Phi) is 5.41. The van der Waals surface area contributed by atoms with E-state index in [4.69, 9.17) is 0 Å². The zero-order valence-electron chi connectivity index (χ0n) is 20.5. The van der Waals surface area contributed by atoms with Crippen LogP contribution in [0.2, 0.25) is 0 Å². The molecule has 1 heterocycles. The SMILES string of the molecule is C1=[C](c2ccc3ccccc3c2)[Ge]([c]2ccccc2)([c]2ccccc2)[C](c2ccc3ccccc3c2)=C1. The van der Waals surface area contributed by atoms with E-state index in [-0.39, 0.29) is 0 Å². The molecule has 6 aromatic rings. The number of allylic oxidation sites excluding steroid dienone is 2. The molecule has 0 saturated heterocycles. The van der Waals surface area contributed by atoms with Crippen LogP contribution in [0.5, 0.6) is 0 Å². The van der Waals surface area contributed by atoms with Crippen molar-refractivity contribution in [3.8, 4) is 0 Å². The van der Waals surface area contributed by atoms with E-state index in [1.165, 1.54) is 50.3 Å². The van der Waals surface area contributed by atoms with E-state index in [9.17, 15) is 0 Å². The number of benzene rings is 6. The predicted molar refractivity (Wildman–Crippen MR) is 162 cm³/mol. The third kappa shape index (κ3) is 3.60. The van der Waals surface area contributed by atoms with Gasteiger partial charge in [0.25, 0.3) is 0 Å². The maximum atomic E-state index is 2.43. The molecule has 0 fully saturated rings. The summed E-state index contributed by atoms with van der Waals surface area (Å²) in [4.78, 5) is 0. The first-order valence-electron chi connectivity index (χ1n) is 12.9. The third-order valence-electron chi connectivity index (χ3n) is 7.76. The Hall–Kier alpha value is -4.14. The molecule has 0 saturated carbocycles. The summed E-state index contributed by atoms with van der Waals surface area (Å²) in [6.07, 6.45) is 4.85. The standard InChI is InChI=1S/C36H26Ge/c1-3-15-33(16-4-1)37(34-17-5-2-6-18-34)35(31-21-19-27-11-7-9-13-29(27)25-31)23-24-36(37)32-22-20-28-12-8-10-14-30(28)26-32/h1-26H. The maximum absolute atomic E-state index is 3.33. The first-order chi connectivity index (χ1) is 18.3. The van der Waals surface area contributed by atoms with Crippen molar-refractivity contribution in [2.24, 2.45) is 0 Å². The van der Waals surface area contributed by atoms with Crippen LogP contribution in [0.15, 0.2) is 158 Å². The molecular weight excluding hydrogens is 505 g/mol. The molecule has 0 N–H and O–H groups in total. The van der Waals surface area contributed by atoms with Crippen molar-refractivity contribution in [1.82, 2.24) is 0 Å². The summed E-state index contributed by atoms with van der Waals surface area (Å²) in [7, 11) is 0. The molecule has 1 heteroatoms. The van der Waals surface area contributed by atoms with Crippen LogP contribution in [0, 0.1) is 0 Å². The molecule has 7 rings (SSSR count). The topological polar surface area (TPSA) is 0 Å². The fraction of sp³-hybridized carbons (Fsp3) is 0. The van der Waals surface area contributed by atoms with E-state index < -0.39 is 13.3 Å². The number of hydrogen-bond donors (Lipinski definition) is 0. The molecule has 0 bridgehead atoms. The molecule has 1 aliphatic heterocycles. The molecule has 0 unspecified atom stereocenters. The third-order valence-corrected chi connectivity index (χ3v) is 18.1. The molecule has 174 valence electrons. The van der Waals surface area contributed by atoms with Crippen LogP contribution < -0.4 is 8.79 Å². The van der Waals surface area contributed by atoms with Crippen molar-refractivity contribution in [2.45, 2.75) is 0 Å². The average Bonchev–Trinajstić information content (AvgIpc) is 3.39. The summed E-state index contributed by atoms with van der Waals surface area (Å²) < 4.78 is 5.91. The van der Waals surface area contributed by atoms with E-state index in [1.807, 2.05) is 0 Å². The van der Waals surface area contributed by atoms with Crippen LogP contribution in [0.1, 0.15) is 11.1 Å². The van der Waals surface area contributed by atoms with E-state index in [2.05, 4.69) is 158 Å². The van der Waals surface area contributed by atoms with Crippen LogP contribution in [-0.4, -0.2) is 13.3 Å². The number of rotatable bonds is 4. The molecule has 6 aromatic carbocycles. The van der Waals surface area contributed by atoms with Crippen LogP contribution in [-0.2, 0) is 0 Å². The summed E-state index contributed by atoms with van der Waals surface area (Å²) in [6, 6.07) is 53.9. The van der Waals surface area contributed by atoms with E-state index in [0.717, 1.165) is 0 Å². The van der Waals surface area contributed by atoms with Gasteiger partial charge in [0.2, 0.25) is 0 Å². The van der Waals surface area contributed by atoms with Crippen LogP contribution in [0.25, 0.3) is 30.4 Å². The molecule has 0 amide bonds. The molecule has 0 nitrogen and oxygen atoms in total. The predicted octanol–water partition coefficient (Wildman–Crippen LogP) is 7.82. The van der Waals surface area contributed by atoms with Gasteiger partial charge in [-0.3, -0.25) is 0 Å². The van der Waals surface area contributed by atoms with Gasteiger partial charge in [-0.2, -0.15) is 0 Å². The summed E-state index contributed by atoms with van der Waals surface area (Å²) in [5.41, 5.74) is 2.66. The zero-order chi connectivity index (χ0) is 24.7. The van der Waals surface area contributed by atoms with Gasteiger partial charge < -0.3 is 0 Å². The van der Waals surface area contributed by atoms with Crippen molar-refractivity contribution in [3.63, 3.8) is 0 Å². The fourth-order valence-electron chi connectivity index (χ4n) is 6.07. The normalized spacial score (nSPS) is 14.5.